The molecule has 3 fully saturated rings. The highest BCUT2D eigenvalue weighted by atomic mass is 19.1. The molecule has 3 saturated heterocycles. The fourth-order valence-electron chi connectivity index (χ4n) is 5.14. The molecule has 3 aliphatic rings. The van der Waals surface area contributed by atoms with Crippen LogP contribution in [0.1, 0.15) is 24.0 Å². The molecular weight excluding hydrogens is 291 g/mol. The summed E-state index contributed by atoms with van der Waals surface area (Å²) in [6.45, 7) is 6.02. The maximum absolute atomic E-state index is 13.5. The van der Waals surface area contributed by atoms with Crippen LogP contribution in [0.4, 0.5) is 4.39 Å². The van der Waals surface area contributed by atoms with Gasteiger partial charge in [-0.25, -0.2) is 4.39 Å². The quantitative estimate of drug-likeness (QED) is 0.849. The molecule has 4 heteroatoms. The van der Waals surface area contributed by atoms with Gasteiger partial charge in [0.15, 0.2) is 0 Å². The molecule has 1 aromatic rings. The minimum absolute atomic E-state index is 0.0976. The van der Waals surface area contributed by atoms with E-state index in [1.807, 2.05) is 19.1 Å². The van der Waals surface area contributed by atoms with E-state index in [1.54, 1.807) is 6.07 Å². The summed E-state index contributed by atoms with van der Waals surface area (Å²) in [5.41, 5.74) is 2.04. The Balaban J connectivity index is 1.48. The third-order valence-corrected chi connectivity index (χ3v) is 6.06. The molecule has 1 spiro atoms. The van der Waals surface area contributed by atoms with E-state index < -0.39 is 0 Å². The molecular formula is C19H27FN2O. The van der Waals surface area contributed by atoms with Crippen molar-refractivity contribution in [2.24, 2.45) is 11.8 Å². The lowest BCUT2D eigenvalue weighted by molar-refractivity contribution is 0.00145. The smallest absolute Gasteiger partial charge is 0.126 e. The summed E-state index contributed by atoms with van der Waals surface area (Å²) in [7, 11) is 4.32. The summed E-state index contributed by atoms with van der Waals surface area (Å²) in [6, 6.07) is 5.50. The topological polar surface area (TPSA) is 15.7 Å². The normalized spacial score (nSPS) is 36.1. The number of rotatable bonds is 4. The number of halogens is 1. The van der Waals surface area contributed by atoms with E-state index >= 15 is 0 Å². The van der Waals surface area contributed by atoms with Gasteiger partial charge in [-0.1, -0.05) is 12.1 Å². The molecule has 3 nitrogen and oxygen atoms in total. The van der Waals surface area contributed by atoms with Crippen molar-refractivity contribution in [3.63, 3.8) is 0 Å². The van der Waals surface area contributed by atoms with Gasteiger partial charge >= 0.3 is 0 Å². The van der Waals surface area contributed by atoms with Gasteiger partial charge in [-0.15, -0.1) is 0 Å². The van der Waals surface area contributed by atoms with Gasteiger partial charge in [0.2, 0.25) is 0 Å². The van der Waals surface area contributed by atoms with Crippen LogP contribution in [0.2, 0.25) is 0 Å². The van der Waals surface area contributed by atoms with Crippen LogP contribution in [-0.4, -0.2) is 55.2 Å². The summed E-state index contributed by atoms with van der Waals surface area (Å²) in [5.74, 6) is 1.21. The van der Waals surface area contributed by atoms with Crippen molar-refractivity contribution < 1.29 is 9.13 Å². The number of benzene rings is 1. The Morgan fingerprint density at radius 2 is 2.22 bits per heavy atom. The van der Waals surface area contributed by atoms with Crippen molar-refractivity contribution in [1.82, 2.24) is 9.80 Å². The van der Waals surface area contributed by atoms with Gasteiger partial charge in [0.05, 0.1) is 11.7 Å². The zero-order chi connectivity index (χ0) is 16.2. The molecule has 0 saturated carbocycles. The highest BCUT2D eigenvalue weighted by Gasteiger charge is 2.62. The van der Waals surface area contributed by atoms with Crippen molar-refractivity contribution in [1.29, 1.82) is 0 Å². The summed E-state index contributed by atoms with van der Waals surface area (Å²) < 4.78 is 19.9. The molecule has 126 valence electrons. The van der Waals surface area contributed by atoms with E-state index in [0.29, 0.717) is 17.9 Å². The minimum Gasteiger partial charge on any atom is -0.370 e. The lowest BCUT2D eigenvalue weighted by Crippen LogP contribution is -2.40. The van der Waals surface area contributed by atoms with Gasteiger partial charge < -0.3 is 9.64 Å². The van der Waals surface area contributed by atoms with Gasteiger partial charge in [-0.05, 0) is 51.1 Å². The molecule has 0 radical (unpaired) electrons. The van der Waals surface area contributed by atoms with E-state index in [9.17, 15) is 4.39 Å². The van der Waals surface area contributed by atoms with Crippen molar-refractivity contribution in [3.8, 4) is 0 Å². The first-order valence-electron chi connectivity index (χ1n) is 8.77. The van der Waals surface area contributed by atoms with Crippen LogP contribution in [0.25, 0.3) is 0 Å². The molecule has 3 aliphatic heterocycles. The molecule has 4 rings (SSSR count). The standard InChI is InChI=1S/C19H27FN2O/c1-13-8-14(4-5-17(13)20)9-22-11-16-15(10-21(2)3)18-6-7-19(16,12-22)23-18/h4-5,8,15-16,18H,6-7,9-12H2,1-3H3/t15-,16+,18+,19+/m0/s1. The monoisotopic (exact) mass is 318 g/mol. The first-order valence-corrected chi connectivity index (χ1v) is 8.77. The second-order valence-electron chi connectivity index (χ2n) is 8.05. The van der Waals surface area contributed by atoms with Crippen LogP contribution in [0.3, 0.4) is 0 Å². The van der Waals surface area contributed by atoms with E-state index in [1.165, 1.54) is 18.4 Å². The number of likely N-dealkylation sites (tertiary alicyclic amines) is 1. The van der Waals surface area contributed by atoms with E-state index in [4.69, 9.17) is 4.74 Å². The maximum Gasteiger partial charge on any atom is 0.126 e. The molecule has 0 aliphatic carbocycles. The number of hydrogen-bond donors (Lipinski definition) is 0. The van der Waals surface area contributed by atoms with E-state index in [2.05, 4.69) is 23.9 Å². The zero-order valence-electron chi connectivity index (χ0n) is 14.4. The third kappa shape index (κ3) is 2.61. The molecule has 23 heavy (non-hydrogen) atoms. The number of hydrogen-bond acceptors (Lipinski definition) is 3. The molecule has 4 atom stereocenters. The fraction of sp³-hybridized carbons (Fsp3) is 0.684. The molecule has 1 aromatic carbocycles. The van der Waals surface area contributed by atoms with Gasteiger partial charge in [0.1, 0.15) is 5.82 Å². The molecule has 0 amide bonds. The van der Waals surface area contributed by atoms with E-state index in [-0.39, 0.29) is 11.4 Å². The van der Waals surface area contributed by atoms with Crippen molar-refractivity contribution in [2.45, 2.75) is 38.0 Å². The summed E-state index contributed by atoms with van der Waals surface area (Å²) >= 11 is 0. The Morgan fingerprint density at radius 3 is 2.96 bits per heavy atom. The second-order valence-corrected chi connectivity index (χ2v) is 8.05. The largest absolute Gasteiger partial charge is 0.370 e. The summed E-state index contributed by atoms with van der Waals surface area (Å²) in [4.78, 5) is 4.82. The predicted molar refractivity (Wildman–Crippen MR) is 88.8 cm³/mol. The maximum atomic E-state index is 13.5. The summed E-state index contributed by atoms with van der Waals surface area (Å²) in [5, 5.41) is 0. The van der Waals surface area contributed by atoms with Gasteiger partial charge in [-0.3, -0.25) is 4.90 Å². The van der Waals surface area contributed by atoms with Crippen LogP contribution in [0, 0.1) is 24.6 Å². The highest BCUT2D eigenvalue weighted by molar-refractivity contribution is 5.24. The average molecular weight is 318 g/mol. The van der Waals surface area contributed by atoms with Crippen molar-refractivity contribution in [2.75, 3.05) is 33.7 Å². The minimum atomic E-state index is -0.112. The van der Waals surface area contributed by atoms with Gasteiger partial charge in [-0.2, -0.15) is 0 Å². The van der Waals surface area contributed by atoms with Crippen molar-refractivity contribution >= 4 is 0 Å². The van der Waals surface area contributed by atoms with Crippen LogP contribution in [0.5, 0.6) is 0 Å². The number of nitrogens with zero attached hydrogens (tertiary/aromatic N) is 2. The number of aryl methyl sites for hydroxylation is 1. The Morgan fingerprint density at radius 1 is 1.39 bits per heavy atom. The van der Waals surface area contributed by atoms with Crippen molar-refractivity contribution in [3.05, 3.63) is 35.1 Å². The second kappa shape index (κ2) is 5.54. The zero-order valence-corrected chi connectivity index (χ0v) is 14.4. The molecule has 0 N–H and O–H groups in total. The first kappa shape index (κ1) is 15.6. The average Bonchev–Trinajstić information content (AvgIpc) is 3.12. The lowest BCUT2D eigenvalue weighted by Gasteiger charge is -2.31. The number of fused-ring (bicyclic) bond motifs is 1. The van der Waals surface area contributed by atoms with Crippen LogP contribution >= 0.6 is 0 Å². The Labute approximate surface area is 138 Å². The Kier molecular flexibility index (Phi) is 3.74. The SMILES string of the molecule is Cc1cc(CN2C[C@@H]3[C@H](CN(C)C)[C@H]4CC[C@]3(C2)O4)ccc1F. The molecule has 2 bridgehead atoms. The molecule has 0 unspecified atom stereocenters. The fourth-order valence-corrected chi connectivity index (χ4v) is 5.14. The van der Waals surface area contributed by atoms with Crippen LogP contribution < -0.4 is 0 Å². The third-order valence-electron chi connectivity index (χ3n) is 6.06. The predicted octanol–water partition coefficient (Wildman–Crippen LogP) is 2.68. The highest BCUT2D eigenvalue weighted by Crippen LogP contribution is 2.55. The van der Waals surface area contributed by atoms with Gasteiger partial charge in [0, 0.05) is 38.0 Å². The Bertz CT molecular complexity index is 605. The van der Waals surface area contributed by atoms with Crippen LogP contribution in [0.15, 0.2) is 18.2 Å². The van der Waals surface area contributed by atoms with E-state index in [0.717, 1.165) is 31.7 Å². The first-order chi connectivity index (χ1) is 11.0. The Hall–Kier alpha value is -0.970. The molecule has 3 heterocycles. The summed E-state index contributed by atoms with van der Waals surface area (Å²) in [6.07, 6.45) is 2.90. The lowest BCUT2D eigenvalue weighted by atomic mass is 9.73. The molecule has 0 aromatic heterocycles. The van der Waals surface area contributed by atoms with Gasteiger partial charge in [0.25, 0.3) is 0 Å². The van der Waals surface area contributed by atoms with Crippen LogP contribution in [-0.2, 0) is 11.3 Å². The number of ether oxygens (including phenoxy) is 1.